The number of halogens is 1. The lowest BCUT2D eigenvalue weighted by molar-refractivity contribution is 0.0950. The highest BCUT2D eigenvalue weighted by Gasteiger charge is 2.29. The highest BCUT2D eigenvalue weighted by molar-refractivity contribution is 6.31. The molecule has 0 unspecified atom stereocenters. The number of methoxy groups -OCH3 is 1. The van der Waals surface area contributed by atoms with Crippen LogP contribution >= 0.6 is 11.6 Å². The van der Waals surface area contributed by atoms with Crippen LogP contribution in [0.1, 0.15) is 72.3 Å². The smallest absolute Gasteiger partial charge is 0.269 e. The van der Waals surface area contributed by atoms with Crippen LogP contribution < -0.4 is 20.5 Å². The third kappa shape index (κ3) is 6.99. The van der Waals surface area contributed by atoms with Gasteiger partial charge in [-0.1, -0.05) is 23.7 Å². The second kappa shape index (κ2) is 13.6. The molecule has 0 atom stereocenters. The van der Waals surface area contributed by atoms with Gasteiger partial charge in [0.25, 0.3) is 11.5 Å². The molecule has 1 aliphatic carbocycles. The Morgan fingerprint density at radius 1 is 1.10 bits per heavy atom. The maximum atomic E-state index is 13.3. The third-order valence-corrected chi connectivity index (χ3v) is 8.87. The standard InChI is InChI=1S/C32H44ClN5O3/c1-7-37(26-13-11-25(12-14-26)36(5)20-23-9-15-27(41-6)16-10-23)30-18-24(33)17-28(21(30)3)31(39)34-19-29-22(4)38(8-2)35-32(29)40/h9-10,15-18,25-26H,7-8,11-14,19-20H2,1-6H3,(H,34,39)(H,35,40). The van der Waals surface area contributed by atoms with E-state index in [-0.39, 0.29) is 18.0 Å². The molecule has 4 rings (SSSR count). The Kier molecular flexibility index (Phi) is 10.2. The van der Waals surface area contributed by atoms with Crippen LogP contribution in [0.2, 0.25) is 5.02 Å². The number of ether oxygens (including phenoxy) is 1. The van der Waals surface area contributed by atoms with Crippen LogP contribution in [0, 0.1) is 13.8 Å². The molecule has 0 aliphatic heterocycles. The Morgan fingerprint density at radius 3 is 2.34 bits per heavy atom. The predicted molar refractivity (Wildman–Crippen MR) is 166 cm³/mol. The number of aryl methyl sites for hydroxylation is 1. The van der Waals surface area contributed by atoms with Gasteiger partial charge in [-0.3, -0.25) is 24.3 Å². The molecular weight excluding hydrogens is 538 g/mol. The largest absolute Gasteiger partial charge is 0.497 e. The molecule has 0 bridgehead atoms. The van der Waals surface area contributed by atoms with Gasteiger partial charge in [0.2, 0.25) is 0 Å². The van der Waals surface area contributed by atoms with Gasteiger partial charge in [-0.05, 0) is 95.8 Å². The molecule has 3 aromatic rings. The molecule has 0 radical (unpaired) electrons. The minimum atomic E-state index is -0.228. The van der Waals surface area contributed by atoms with E-state index in [1.165, 1.54) is 5.56 Å². The van der Waals surface area contributed by atoms with Crippen molar-refractivity contribution < 1.29 is 9.53 Å². The van der Waals surface area contributed by atoms with Crippen molar-refractivity contribution in [1.29, 1.82) is 0 Å². The average Bonchev–Trinajstić information content (AvgIpc) is 3.26. The fourth-order valence-corrected chi connectivity index (χ4v) is 6.38. The quantitative estimate of drug-likeness (QED) is 0.305. The zero-order valence-electron chi connectivity index (χ0n) is 25.2. The summed E-state index contributed by atoms with van der Waals surface area (Å²) in [6, 6.07) is 12.9. The SMILES string of the molecule is CCN(c1cc(Cl)cc(C(=O)NCc2c(C)n(CC)[nH]c2=O)c1C)C1CCC(N(C)Cc2ccc(OC)cc2)CC1. The number of benzene rings is 2. The van der Waals surface area contributed by atoms with Crippen LogP contribution in [0.15, 0.2) is 41.2 Å². The van der Waals surface area contributed by atoms with Crippen molar-refractivity contribution in [2.75, 3.05) is 25.6 Å². The van der Waals surface area contributed by atoms with E-state index < -0.39 is 0 Å². The molecule has 1 fully saturated rings. The van der Waals surface area contributed by atoms with Crippen molar-refractivity contribution in [2.45, 2.75) is 85.1 Å². The van der Waals surface area contributed by atoms with Crippen molar-refractivity contribution in [3.63, 3.8) is 0 Å². The number of H-pyrrole nitrogens is 1. The molecule has 2 aromatic carbocycles. The van der Waals surface area contributed by atoms with Crippen molar-refractivity contribution in [1.82, 2.24) is 20.0 Å². The summed E-state index contributed by atoms with van der Waals surface area (Å²) in [5.74, 6) is 0.653. The number of amides is 1. The first kappa shape index (κ1) is 30.7. The molecule has 8 nitrogen and oxygen atoms in total. The molecule has 0 spiro atoms. The second-order valence-corrected chi connectivity index (χ2v) is 11.5. The fraction of sp³-hybridized carbons (Fsp3) is 0.500. The van der Waals surface area contributed by atoms with Gasteiger partial charge in [0.05, 0.1) is 19.2 Å². The van der Waals surface area contributed by atoms with Crippen LogP contribution in [-0.2, 0) is 19.6 Å². The monoisotopic (exact) mass is 581 g/mol. The van der Waals surface area contributed by atoms with Crippen LogP contribution in [0.4, 0.5) is 5.69 Å². The molecule has 1 heterocycles. The van der Waals surface area contributed by atoms with E-state index >= 15 is 0 Å². The molecule has 9 heteroatoms. The number of hydrogen-bond donors (Lipinski definition) is 2. The first-order valence-electron chi connectivity index (χ1n) is 14.6. The first-order valence-corrected chi connectivity index (χ1v) is 15.0. The van der Waals surface area contributed by atoms with Crippen molar-refractivity contribution in [3.8, 4) is 5.75 Å². The van der Waals surface area contributed by atoms with Gasteiger partial charge < -0.3 is 15.0 Å². The number of anilines is 1. The Morgan fingerprint density at radius 2 is 1.76 bits per heavy atom. The van der Waals surface area contributed by atoms with Crippen molar-refractivity contribution >= 4 is 23.2 Å². The van der Waals surface area contributed by atoms with Crippen LogP contribution in [0.5, 0.6) is 5.75 Å². The van der Waals surface area contributed by atoms with Gasteiger partial charge >= 0.3 is 0 Å². The zero-order chi connectivity index (χ0) is 29.7. The number of rotatable bonds is 11. The minimum Gasteiger partial charge on any atom is -0.497 e. The Bertz CT molecular complexity index is 1390. The molecule has 1 amide bonds. The summed E-state index contributed by atoms with van der Waals surface area (Å²) in [6.45, 7) is 10.6. The summed E-state index contributed by atoms with van der Waals surface area (Å²) in [4.78, 5) is 30.5. The fourth-order valence-electron chi connectivity index (χ4n) is 6.17. The van der Waals surface area contributed by atoms with Crippen molar-refractivity contribution in [3.05, 3.63) is 79.7 Å². The summed E-state index contributed by atoms with van der Waals surface area (Å²) >= 11 is 6.58. The number of aromatic nitrogens is 2. The van der Waals surface area contributed by atoms with Crippen LogP contribution in [0.25, 0.3) is 0 Å². The number of nitrogens with zero attached hydrogens (tertiary/aromatic N) is 3. The number of carbonyl (C=O) groups is 1. The maximum absolute atomic E-state index is 13.3. The van der Waals surface area contributed by atoms with E-state index in [1.807, 2.05) is 39.0 Å². The topological polar surface area (TPSA) is 82.6 Å². The lowest BCUT2D eigenvalue weighted by Crippen LogP contribution is -2.43. The van der Waals surface area contributed by atoms with Gasteiger partial charge in [0.15, 0.2) is 0 Å². The average molecular weight is 582 g/mol. The lowest BCUT2D eigenvalue weighted by Gasteiger charge is -2.41. The number of carbonyl (C=O) groups excluding carboxylic acids is 1. The van der Waals surface area contributed by atoms with Gasteiger partial charge in [0.1, 0.15) is 5.75 Å². The summed E-state index contributed by atoms with van der Waals surface area (Å²) in [7, 11) is 3.90. The number of nitrogens with one attached hydrogen (secondary N) is 2. The number of hydrogen-bond acceptors (Lipinski definition) is 5. The Labute approximate surface area is 248 Å². The van der Waals surface area contributed by atoms with E-state index in [0.717, 1.165) is 61.5 Å². The van der Waals surface area contributed by atoms with E-state index in [0.29, 0.717) is 34.8 Å². The molecule has 2 N–H and O–H groups in total. The summed E-state index contributed by atoms with van der Waals surface area (Å²) in [6.07, 6.45) is 4.39. The van der Waals surface area contributed by atoms with Gasteiger partial charge in [-0.25, -0.2) is 0 Å². The van der Waals surface area contributed by atoms with Gasteiger partial charge in [-0.2, -0.15) is 0 Å². The molecule has 0 saturated heterocycles. The lowest BCUT2D eigenvalue weighted by atomic mass is 9.88. The van der Waals surface area contributed by atoms with E-state index in [1.54, 1.807) is 17.9 Å². The summed E-state index contributed by atoms with van der Waals surface area (Å²) < 4.78 is 7.08. The predicted octanol–water partition coefficient (Wildman–Crippen LogP) is 5.67. The Balaban J connectivity index is 1.42. The molecular formula is C32H44ClN5O3. The highest BCUT2D eigenvalue weighted by Crippen LogP contribution is 2.34. The molecule has 1 aromatic heterocycles. The van der Waals surface area contributed by atoms with E-state index in [9.17, 15) is 9.59 Å². The zero-order valence-corrected chi connectivity index (χ0v) is 26.0. The van der Waals surface area contributed by atoms with Crippen molar-refractivity contribution in [2.24, 2.45) is 0 Å². The number of aromatic amines is 1. The van der Waals surface area contributed by atoms with Crippen LogP contribution in [0.3, 0.4) is 0 Å². The van der Waals surface area contributed by atoms with Gasteiger partial charge in [-0.15, -0.1) is 0 Å². The summed E-state index contributed by atoms with van der Waals surface area (Å²) in [5, 5.41) is 6.30. The summed E-state index contributed by atoms with van der Waals surface area (Å²) in [5.41, 5.74) is 4.98. The minimum absolute atomic E-state index is 0.167. The second-order valence-electron chi connectivity index (χ2n) is 11.0. The Hall–Kier alpha value is -3.23. The highest BCUT2D eigenvalue weighted by atomic mass is 35.5. The van der Waals surface area contributed by atoms with E-state index in [4.69, 9.17) is 16.3 Å². The first-order chi connectivity index (χ1) is 19.7. The molecule has 1 aliphatic rings. The molecule has 41 heavy (non-hydrogen) atoms. The van der Waals surface area contributed by atoms with Gasteiger partial charge in [0, 0.05) is 53.7 Å². The maximum Gasteiger partial charge on any atom is 0.269 e. The van der Waals surface area contributed by atoms with Crippen LogP contribution in [-0.4, -0.2) is 53.4 Å². The molecule has 222 valence electrons. The molecule has 1 saturated carbocycles. The van der Waals surface area contributed by atoms with E-state index in [2.05, 4.69) is 46.3 Å². The third-order valence-electron chi connectivity index (χ3n) is 8.66. The normalized spacial score (nSPS) is 17.1.